The highest BCUT2D eigenvalue weighted by Gasteiger charge is 2.37. The molecule has 1 saturated heterocycles. The first-order valence-corrected chi connectivity index (χ1v) is 6.33. The van der Waals surface area contributed by atoms with Crippen molar-refractivity contribution in [1.29, 1.82) is 0 Å². The SMILES string of the molecule is CCCCOC(=O)N1CC(C(=O)O)CC(C(=O)O)C1. The molecule has 1 rings (SSSR count). The standard InChI is InChI=1S/C12H19NO6/c1-2-3-4-19-12(18)13-6-8(10(14)15)5-9(7-13)11(16)17/h8-9H,2-7H2,1H3,(H,14,15)(H,16,17). The zero-order valence-corrected chi connectivity index (χ0v) is 10.9. The minimum Gasteiger partial charge on any atom is -0.481 e. The molecule has 1 amide bonds. The highest BCUT2D eigenvalue weighted by molar-refractivity contribution is 5.77. The predicted octanol–water partition coefficient (Wildman–Crippen LogP) is 1.03. The number of rotatable bonds is 5. The van der Waals surface area contributed by atoms with Crippen molar-refractivity contribution >= 4 is 18.0 Å². The maximum atomic E-state index is 11.7. The van der Waals surface area contributed by atoms with E-state index in [1.54, 1.807) is 0 Å². The molecule has 1 aliphatic heterocycles. The molecular formula is C12H19NO6. The molecule has 2 atom stereocenters. The third-order valence-corrected chi connectivity index (χ3v) is 3.13. The van der Waals surface area contributed by atoms with Gasteiger partial charge in [-0.2, -0.15) is 0 Å². The van der Waals surface area contributed by atoms with Gasteiger partial charge >= 0.3 is 18.0 Å². The predicted molar refractivity (Wildman–Crippen MR) is 64.7 cm³/mol. The fourth-order valence-electron chi connectivity index (χ4n) is 2.00. The Morgan fingerprint density at radius 1 is 1.16 bits per heavy atom. The maximum absolute atomic E-state index is 11.7. The number of nitrogens with zero attached hydrogens (tertiary/aromatic N) is 1. The van der Waals surface area contributed by atoms with Crippen LogP contribution in [0.4, 0.5) is 4.79 Å². The summed E-state index contributed by atoms with van der Waals surface area (Å²) in [6.07, 6.45) is 1.02. The van der Waals surface area contributed by atoms with Crippen LogP contribution in [0.2, 0.25) is 0 Å². The molecular weight excluding hydrogens is 254 g/mol. The van der Waals surface area contributed by atoms with E-state index in [1.165, 1.54) is 4.90 Å². The van der Waals surface area contributed by atoms with Crippen molar-refractivity contribution in [3.8, 4) is 0 Å². The van der Waals surface area contributed by atoms with Gasteiger partial charge in [-0.25, -0.2) is 4.79 Å². The highest BCUT2D eigenvalue weighted by Crippen LogP contribution is 2.23. The number of hydrogen-bond donors (Lipinski definition) is 2. The van der Waals surface area contributed by atoms with Gasteiger partial charge in [0.15, 0.2) is 0 Å². The summed E-state index contributed by atoms with van der Waals surface area (Å²) in [4.78, 5) is 34.9. The molecule has 1 aliphatic rings. The van der Waals surface area contributed by atoms with E-state index in [2.05, 4.69) is 0 Å². The molecule has 19 heavy (non-hydrogen) atoms. The van der Waals surface area contributed by atoms with Crippen LogP contribution in [0.15, 0.2) is 0 Å². The van der Waals surface area contributed by atoms with E-state index in [4.69, 9.17) is 14.9 Å². The highest BCUT2D eigenvalue weighted by atomic mass is 16.6. The van der Waals surface area contributed by atoms with Gasteiger partial charge < -0.3 is 19.8 Å². The van der Waals surface area contributed by atoms with E-state index < -0.39 is 29.9 Å². The second-order valence-electron chi connectivity index (χ2n) is 4.68. The van der Waals surface area contributed by atoms with Crippen molar-refractivity contribution in [2.45, 2.75) is 26.2 Å². The molecule has 7 nitrogen and oxygen atoms in total. The van der Waals surface area contributed by atoms with Crippen LogP contribution >= 0.6 is 0 Å². The van der Waals surface area contributed by atoms with Gasteiger partial charge in [-0.15, -0.1) is 0 Å². The normalized spacial score (nSPS) is 22.9. The van der Waals surface area contributed by atoms with Crippen molar-refractivity contribution in [2.75, 3.05) is 19.7 Å². The topological polar surface area (TPSA) is 104 Å². The number of carboxylic acids is 2. The number of carbonyl (C=O) groups excluding carboxylic acids is 1. The lowest BCUT2D eigenvalue weighted by Crippen LogP contribution is -2.48. The van der Waals surface area contributed by atoms with Gasteiger partial charge in [0, 0.05) is 13.1 Å². The van der Waals surface area contributed by atoms with Crippen LogP contribution in [0.25, 0.3) is 0 Å². The number of hydrogen-bond acceptors (Lipinski definition) is 4. The van der Waals surface area contributed by atoms with Crippen molar-refractivity contribution in [2.24, 2.45) is 11.8 Å². The number of amides is 1. The molecule has 2 unspecified atom stereocenters. The summed E-state index contributed by atoms with van der Waals surface area (Å²) in [5, 5.41) is 18.0. The summed E-state index contributed by atoms with van der Waals surface area (Å²) in [6.45, 7) is 2.23. The van der Waals surface area contributed by atoms with Crippen LogP contribution in [-0.2, 0) is 14.3 Å². The van der Waals surface area contributed by atoms with Gasteiger partial charge in [0.05, 0.1) is 18.4 Å². The summed E-state index contributed by atoms with van der Waals surface area (Å²) >= 11 is 0. The van der Waals surface area contributed by atoms with Gasteiger partial charge in [0.2, 0.25) is 0 Å². The van der Waals surface area contributed by atoms with Crippen LogP contribution < -0.4 is 0 Å². The van der Waals surface area contributed by atoms with Crippen LogP contribution in [0, 0.1) is 11.8 Å². The van der Waals surface area contributed by atoms with E-state index >= 15 is 0 Å². The first-order valence-electron chi connectivity index (χ1n) is 6.33. The quantitative estimate of drug-likeness (QED) is 0.725. The Labute approximate surface area is 111 Å². The maximum Gasteiger partial charge on any atom is 0.409 e. The Morgan fingerprint density at radius 2 is 1.68 bits per heavy atom. The van der Waals surface area contributed by atoms with Crippen LogP contribution in [0.1, 0.15) is 26.2 Å². The Kier molecular flexibility index (Phi) is 5.59. The van der Waals surface area contributed by atoms with E-state index in [1.807, 2.05) is 6.92 Å². The second-order valence-corrected chi connectivity index (χ2v) is 4.68. The molecule has 108 valence electrons. The number of carbonyl (C=O) groups is 3. The number of likely N-dealkylation sites (tertiary alicyclic amines) is 1. The lowest BCUT2D eigenvalue weighted by molar-refractivity contribution is -0.149. The Balaban J connectivity index is 2.62. The molecule has 1 heterocycles. The molecule has 0 saturated carbocycles. The summed E-state index contributed by atoms with van der Waals surface area (Å²) in [6, 6.07) is 0. The van der Waals surface area contributed by atoms with Gasteiger partial charge in [0.1, 0.15) is 0 Å². The van der Waals surface area contributed by atoms with Gasteiger partial charge in [-0.1, -0.05) is 13.3 Å². The van der Waals surface area contributed by atoms with Gasteiger partial charge in [-0.05, 0) is 12.8 Å². The first kappa shape index (κ1) is 15.3. The van der Waals surface area contributed by atoms with Crippen LogP contribution in [0.5, 0.6) is 0 Å². The summed E-state index contributed by atoms with van der Waals surface area (Å²) < 4.78 is 4.98. The fraction of sp³-hybridized carbons (Fsp3) is 0.750. The first-order chi connectivity index (χ1) is 8.95. The van der Waals surface area contributed by atoms with E-state index in [-0.39, 0.29) is 26.1 Å². The monoisotopic (exact) mass is 273 g/mol. The Hall–Kier alpha value is -1.79. The van der Waals surface area contributed by atoms with E-state index in [0.29, 0.717) is 0 Å². The molecule has 2 N–H and O–H groups in total. The van der Waals surface area contributed by atoms with Gasteiger partial charge in [-0.3, -0.25) is 9.59 Å². The molecule has 1 fully saturated rings. The molecule has 0 spiro atoms. The number of piperidine rings is 1. The minimum atomic E-state index is -1.09. The third-order valence-electron chi connectivity index (χ3n) is 3.13. The molecule has 0 bridgehead atoms. The summed E-state index contributed by atoms with van der Waals surface area (Å²) in [5.41, 5.74) is 0. The average molecular weight is 273 g/mol. The lowest BCUT2D eigenvalue weighted by atomic mass is 9.89. The number of ether oxygens (including phenoxy) is 1. The van der Waals surface area contributed by atoms with E-state index in [0.717, 1.165) is 12.8 Å². The number of unbranched alkanes of at least 4 members (excludes halogenated alkanes) is 1. The van der Waals surface area contributed by atoms with Crippen LogP contribution in [-0.4, -0.2) is 52.8 Å². The zero-order chi connectivity index (χ0) is 14.4. The fourth-order valence-corrected chi connectivity index (χ4v) is 2.00. The second kappa shape index (κ2) is 6.96. The molecule has 7 heteroatoms. The third kappa shape index (κ3) is 4.42. The van der Waals surface area contributed by atoms with Crippen molar-refractivity contribution < 1.29 is 29.3 Å². The van der Waals surface area contributed by atoms with Gasteiger partial charge in [0.25, 0.3) is 0 Å². The largest absolute Gasteiger partial charge is 0.481 e. The van der Waals surface area contributed by atoms with Crippen molar-refractivity contribution in [1.82, 2.24) is 4.90 Å². The van der Waals surface area contributed by atoms with Crippen molar-refractivity contribution in [3.63, 3.8) is 0 Å². The zero-order valence-electron chi connectivity index (χ0n) is 10.9. The molecule has 0 aromatic rings. The minimum absolute atomic E-state index is 0.00404. The molecule has 0 radical (unpaired) electrons. The van der Waals surface area contributed by atoms with Crippen LogP contribution in [0.3, 0.4) is 0 Å². The average Bonchev–Trinajstić information content (AvgIpc) is 2.38. The smallest absolute Gasteiger partial charge is 0.409 e. The molecule has 0 aromatic heterocycles. The molecule has 0 aliphatic carbocycles. The van der Waals surface area contributed by atoms with Crippen molar-refractivity contribution in [3.05, 3.63) is 0 Å². The Morgan fingerprint density at radius 3 is 2.11 bits per heavy atom. The summed E-state index contributed by atoms with van der Waals surface area (Å²) in [7, 11) is 0. The molecule has 0 aromatic carbocycles. The Bertz CT molecular complexity index is 334. The lowest BCUT2D eigenvalue weighted by Gasteiger charge is -2.33. The van der Waals surface area contributed by atoms with E-state index in [9.17, 15) is 14.4 Å². The number of aliphatic carboxylic acids is 2. The summed E-state index contributed by atoms with van der Waals surface area (Å²) in [5.74, 6) is -3.88. The number of carboxylic acid groups (broad SMARTS) is 2.